The number of aromatic nitrogens is 2. The van der Waals surface area contributed by atoms with Crippen LogP contribution in [0.2, 0.25) is 0 Å². The zero-order chi connectivity index (χ0) is 13.6. The van der Waals surface area contributed by atoms with Gasteiger partial charge in [-0.3, -0.25) is 14.9 Å². The van der Waals surface area contributed by atoms with Crippen molar-refractivity contribution >= 4 is 0 Å². The van der Waals surface area contributed by atoms with Crippen LogP contribution >= 0.6 is 0 Å². The molecule has 0 spiro atoms. The lowest BCUT2D eigenvalue weighted by molar-refractivity contribution is 0.149. The molecule has 20 heavy (non-hydrogen) atoms. The second-order valence-electron chi connectivity index (χ2n) is 5.17. The van der Waals surface area contributed by atoms with Crippen LogP contribution in [0.1, 0.15) is 11.4 Å². The molecule has 2 aromatic rings. The van der Waals surface area contributed by atoms with Crippen molar-refractivity contribution in [3.8, 4) is 0 Å². The van der Waals surface area contributed by atoms with E-state index in [2.05, 4.69) is 44.5 Å². The first-order valence-corrected chi connectivity index (χ1v) is 7.16. The van der Waals surface area contributed by atoms with Gasteiger partial charge >= 0.3 is 0 Å². The number of nitrogens with one attached hydrogen (secondary N) is 1. The highest BCUT2D eigenvalue weighted by Gasteiger charge is 2.23. The van der Waals surface area contributed by atoms with E-state index in [0.29, 0.717) is 6.04 Å². The summed E-state index contributed by atoms with van der Waals surface area (Å²) in [5, 5.41) is 3.48. The fraction of sp³-hybridized carbons (Fsp3) is 0.375. The van der Waals surface area contributed by atoms with E-state index in [9.17, 15) is 0 Å². The van der Waals surface area contributed by atoms with Crippen molar-refractivity contribution in [3.63, 3.8) is 0 Å². The van der Waals surface area contributed by atoms with E-state index in [-0.39, 0.29) is 0 Å². The molecule has 0 aliphatic carbocycles. The normalized spacial score (nSPS) is 19.9. The number of hydrogen-bond donors (Lipinski definition) is 1. The zero-order valence-electron chi connectivity index (χ0n) is 11.6. The van der Waals surface area contributed by atoms with Crippen molar-refractivity contribution in [1.29, 1.82) is 0 Å². The maximum Gasteiger partial charge on any atom is 0.0544 e. The molecule has 1 atom stereocenters. The summed E-state index contributed by atoms with van der Waals surface area (Å²) in [4.78, 5) is 11.4. The van der Waals surface area contributed by atoms with Gasteiger partial charge in [0, 0.05) is 56.7 Å². The van der Waals surface area contributed by atoms with Gasteiger partial charge in [0.05, 0.1) is 5.69 Å². The molecule has 3 heterocycles. The SMILES string of the molecule is c1ccc(CC2CNCCN2Cc2ccccn2)nc1. The van der Waals surface area contributed by atoms with Crippen LogP contribution in [0.4, 0.5) is 0 Å². The van der Waals surface area contributed by atoms with Crippen molar-refractivity contribution in [3.05, 3.63) is 60.2 Å². The van der Waals surface area contributed by atoms with Crippen molar-refractivity contribution in [2.24, 2.45) is 0 Å². The monoisotopic (exact) mass is 268 g/mol. The average molecular weight is 268 g/mol. The van der Waals surface area contributed by atoms with Gasteiger partial charge in [-0.1, -0.05) is 12.1 Å². The van der Waals surface area contributed by atoms with Crippen molar-refractivity contribution in [1.82, 2.24) is 20.2 Å². The molecule has 1 saturated heterocycles. The number of hydrogen-bond acceptors (Lipinski definition) is 4. The molecular weight excluding hydrogens is 248 g/mol. The van der Waals surface area contributed by atoms with E-state index in [1.54, 1.807) is 0 Å². The molecule has 0 amide bonds. The molecule has 104 valence electrons. The number of rotatable bonds is 4. The number of pyridine rings is 2. The summed E-state index contributed by atoms with van der Waals surface area (Å²) in [6.07, 6.45) is 4.72. The van der Waals surface area contributed by atoms with Crippen LogP contribution in [0.5, 0.6) is 0 Å². The summed E-state index contributed by atoms with van der Waals surface area (Å²) in [5.41, 5.74) is 2.30. The van der Waals surface area contributed by atoms with Crippen molar-refractivity contribution < 1.29 is 0 Å². The van der Waals surface area contributed by atoms with Crippen LogP contribution in [0, 0.1) is 0 Å². The molecule has 1 aliphatic heterocycles. The van der Waals surface area contributed by atoms with E-state index < -0.39 is 0 Å². The number of nitrogens with zero attached hydrogens (tertiary/aromatic N) is 3. The van der Waals surface area contributed by atoms with E-state index in [4.69, 9.17) is 0 Å². The first kappa shape index (κ1) is 13.2. The predicted molar refractivity (Wildman–Crippen MR) is 79.2 cm³/mol. The fourth-order valence-corrected chi connectivity index (χ4v) is 2.67. The van der Waals surface area contributed by atoms with E-state index in [1.807, 2.05) is 24.5 Å². The van der Waals surface area contributed by atoms with Gasteiger partial charge in [0.15, 0.2) is 0 Å². The topological polar surface area (TPSA) is 41.0 Å². The van der Waals surface area contributed by atoms with Crippen LogP contribution in [0.15, 0.2) is 48.8 Å². The van der Waals surface area contributed by atoms with Crippen molar-refractivity contribution in [2.45, 2.75) is 19.0 Å². The minimum Gasteiger partial charge on any atom is -0.314 e. The highest BCUT2D eigenvalue weighted by Crippen LogP contribution is 2.12. The van der Waals surface area contributed by atoms with Gasteiger partial charge in [-0.15, -0.1) is 0 Å². The Morgan fingerprint density at radius 2 is 1.80 bits per heavy atom. The molecule has 2 aromatic heterocycles. The maximum absolute atomic E-state index is 4.44. The fourth-order valence-electron chi connectivity index (χ4n) is 2.67. The van der Waals surface area contributed by atoms with Crippen LogP contribution in [0.3, 0.4) is 0 Å². The third-order valence-electron chi connectivity index (χ3n) is 3.73. The largest absolute Gasteiger partial charge is 0.314 e. The Labute approximate surface area is 119 Å². The molecule has 1 N–H and O–H groups in total. The molecule has 1 unspecified atom stereocenters. The maximum atomic E-state index is 4.44. The molecular formula is C16H20N4. The Balaban J connectivity index is 1.68. The molecule has 0 aromatic carbocycles. The summed E-state index contributed by atoms with van der Waals surface area (Å²) in [6.45, 7) is 4.04. The summed E-state index contributed by atoms with van der Waals surface area (Å²) in [5.74, 6) is 0. The summed E-state index contributed by atoms with van der Waals surface area (Å²) >= 11 is 0. The first-order valence-electron chi connectivity index (χ1n) is 7.16. The third-order valence-corrected chi connectivity index (χ3v) is 3.73. The lowest BCUT2D eigenvalue weighted by Crippen LogP contribution is -2.51. The van der Waals surface area contributed by atoms with E-state index in [1.165, 1.54) is 0 Å². The highest BCUT2D eigenvalue weighted by atomic mass is 15.2. The molecule has 0 radical (unpaired) electrons. The number of piperazine rings is 1. The van der Waals surface area contributed by atoms with Crippen LogP contribution < -0.4 is 5.32 Å². The summed E-state index contributed by atoms with van der Waals surface area (Å²) in [7, 11) is 0. The lowest BCUT2D eigenvalue weighted by Gasteiger charge is -2.35. The van der Waals surface area contributed by atoms with Gasteiger partial charge in [0.1, 0.15) is 0 Å². The minimum atomic E-state index is 0.487. The highest BCUT2D eigenvalue weighted by molar-refractivity contribution is 5.08. The van der Waals surface area contributed by atoms with Gasteiger partial charge in [-0.05, 0) is 24.3 Å². The Morgan fingerprint density at radius 1 is 1.05 bits per heavy atom. The second kappa shape index (κ2) is 6.59. The average Bonchev–Trinajstić information content (AvgIpc) is 2.51. The van der Waals surface area contributed by atoms with Gasteiger partial charge in [0.25, 0.3) is 0 Å². The molecule has 0 saturated carbocycles. The van der Waals surface area contributed by atoms with Crippen LogP contribution in [-0.2, 0) is 13.0 Å². The Bertz CT molecular complexity index is 465. The Hall–Kier alpha value is -1.78. The minimum absolute atomic E-state index is 0.487. The predicted octanol–water partition coefficient (Wildman–Crippen LogP) is 1.49. The quantitative estimate of drug-likeness (QED) is 0.912. The lowest BCUT2D eigenvalue weighted by atomic mass is 10.1. The summed E-state index contributed by atoms with van der Waals surface area (Å²) < 4.78 is 0. The van der Waals surface area contributed by atoms with Gasteiger partial charge in [-0.2, -0.15) is 0 Å². The van der Waals surface area contributed by atoms with E-state index in [0.717, 1.165) is 44.0 Å². The molecule has 4 heteroatoms. The summed E-state index contributed by atoms with van der Waals surface area (Å²) in [6, 6.07) is 12.7. The van der Waals surface area contributed by atoms with Gasteiger partial charge in [0.2, 0.25) is 0 Å². The van der Waals surface area contributed by atoms with Crippen LogP contribution in [0.25, 0.3) is 0 Å². The smallest absolute Gasteiger partial charge is 0.0544 e. The van der Waals surface area contributed by atoms with E-state index >= 15 is 0 Å². The molecule has 0 bridgehead atoms. The molecule has 1 aliphatic rings. The van der Waals surface area contributed by atoms with Gasteiger partial charge < -0.3 is 5.32 Å². The molecule has 4 nitrogen and oxygen atoms in total. The standard InChI is InChI=1S/C16H20N4/c1-3-7-18-14(5-1)11-16-12-17-9-10-20(16)13-15-6-2-4-8-19-15/h1-8,16-17H,9-13H2. The second-order valence-corrected chi connectivity index (χ2v) is 5.17. The Morgan fingerprint density at radius 3 is 2.50 bits per heavy atom. The van der Waals surface area contributed by atoms with Crippen molar-refractivity contribution in [2.75, 3.05) is 19.6 Å². The third kappa shape index (κ3) is 3.40. The zero-order valence-corrected chi connectivity index (χ0v) is 11.6. The van der Waals surface area contributed by atoms with Gasteiger partial charge in [-0.25, -0.2) is 0 Å². The molecule has 3 rings (SSSR count). The Kier molecular flexibility index (Phi) is 4.35. The first-order chi connectivity index (χ1) is 9.92. The molecule has 1 fully saturated rings. The van der Waals surface area contributed by atoms with Crippen LogP contribution in [-0.4, -0.2) is 40.5 Å².